The number of aryl methyl sites for hydroxylation is 1. The summed E-state index contributed by atoms with van der Waals surface area (Å²) in [5.74, 6) is 0.115. The Morgan fingerprint density at radius 2 is 2.20 bits per heavy atom. The molecule has 4 N–H and O–H groups in total. The molecular formula is C13H18N4OS2. The van der Waals surface area contributed by atoms with Gasteiger partial charge in [-0.25, -0.2) is 4.98 Å². The maximum atomic E-state index is 12.1. The largest absolute Gasteiger partial charge is 0.382 e. The van der Waals surface area contributed by atoms with E-state index in [1.165, 1.54) is 16.2 Å². The van der Waals surface area contributed by atoms with E-state index in [9.17, 15) is 4.79 Å². The molecule has 20 heavy (non-hydrogen) atoms. The van der Waals surface area contributed by atoms with Crippen molar-refractivity contribution in [2.45, 2.75) is 26.8 Å². The number of thiazole rings is 1. The lowest BCUT2D eigenvalue weighted by Gasteiger charge is -2.01. The van der Waals surface area contributed by atoms with Crippen molar-refractivity contribution >= 4 is 39.5 Å². The summed E-state index contributed by atoms with van der Waals surface area (Å²) in [5, 5.41) is 6.71. The maximum Gasteiger partial charge on any atom is 0.265 e. The molecule has 0 aliphatic carbocycles. The second kappa shape index (κ2) is 6.71. The van der Waals surface area contributed by atoms with Crippen molar-refractivity contribution < 1.29 is 4.79 Å². The molecular weight excluding hydrogens is 292 g/mol. The van der Waals surface area contributed by atoms with Gasteiger partial charge in [-0.15, -0.1) is 11.3 Å². The molecule has 108 valence electrons. The minimum atomic E-state index is -0.171. The number of anilines is 2. The van der Waals surface area contributed by atoms with Crippen LogP contribution in [0.2, 0.25) is 0 Å². The molecule has 2 rings (SSSR count). The SMILES string of the molecule is CCCNc1nc(N)c(C(=O)NCc2ccc(C)s2)s1. The van der Waals surface area contributed by atoms with Crippen LogP contribution in [-0.2, 0) is 6.54 Å². The molecule has 0 fully saturated rings. The summed E-state index contributed by atoms with van der Waals surface area (Å²) in [4.78, 5) is 19.1. The number of amides is 1. The molecule has 0 unspecified atom stereocenters. The van der Waals surface area contributed by atoms with Gasteiger partial charge >= 0.3 is 0 Å². The Kier molecular flexibility index (Phi) is 4.97. The minimum Gasteiger partial charge on any atom is -0.382 e. The average Bonchev–Trinajstić information content (AvgIpc) is 3.00. The number of hydrogen-bond acceptors (Lipinski definition) is 6. The van der Waals surface area contributed by atoms with Crippen molar-refractivity contribution in [1.29, 1.82) is 0 Å². The molecule has 7 heteroatoms. The molecule has 2 heterocycles. The van der Waals surface area contributed by atoms with Crippen LogP contribution < -0.4 is 16.4 Å². The number of hydrogen-bond donors (Lipinski definition) is 3. The molecule has 0 radical (unpaired) electrons. The highest BCUT2D eigenvalue weighted by Crippen LogP contribution is 2.25. The predicted octanol–water partition coefficient (Wildman–Crippen LogP) is 2.85. The Balaban J connectivity index is 1.96. The van der Waals surface area contributed by atoms with Crippen LogP contribution in [-0.4, -0.2) is 17.4 Å². The number of rotatable bonds is 6. The Morgan fingerprint density at radius 3 is 2.85 bits per heavy atom. The van der Waals surface area contributed by atoms with Gasteiger partial charge in [0.25, 0.3) is 5.91 Å². The van der Waals surface area contributed by atoms with E-state index in [4.69, 9.17) is 5.73 Å². The van der Waals surface area contributed by atoms with Crippen LogP contribution in [0.15, 0.2) is 12.1 Å². The highest BCUT2D eigenvalue weighted by Gasteiger charge is 2.15. The zero-order valence-corrected chi connectivity index (χ0v) is 13.2. The van der Waals surface area contributed by atoms with E-state index in [2.05, 4.69) is 22.5 Å². The van der Waals surface area contributed by atoms with E-state index in [-0.39, 0.29) is 11.7 Å². The summed E-state index contributed by atoms with van der Waals surface area (Å²) >= 11 is 2.97. The average molecular weight is 310 g/mol. The standard InChI is InChI=1S/C13H18N4OS2/c1-3-6-15-13-17-11(14)10(20-13)12(18)16-7-9-5-4-8(2)19-9/h4-5H,3,6-7,14H2,1-2H3,(H,15,17)(H,16,18). The molecule has 5 nitrogen and oxygen atoms in total. The fourth-order valence-corrected chi connectivity index (χ4v) is 3.29. The maximum absolute atomic E-state index is 12.1. The number of thiophene rings is 1. The van der Waals surface area contributed by atoms with Crippen LogP contribution in [0.5, 0.6) is 0 Å². The number of aromatic nitrogens is 1. The predicted molar refractivity (Wildman–Crippen MR) is 85.5 cm³/mol. The van der Waals surface area contributed by atoms with Crippen molar-refractivity contribution in [2.24, 2.45) is 0 Å². The van der Waals surface area contributed by atoms with Crippen molar-refractivity contribution in [3.8, 4) is 0 Å². The first-order chi connectivity index (χ1) is 9.60. The highest BCUT2D eigenvalue weighted by atomic mass is 32.1. The molecule has 0 atom stereocenters. The van der Waals surface area contributed by atoms with Gasteiger partial charge in [0.2, 0.25) is 0 Å². The summed E-state index contributed by atoms with van der Waals surface area (Å²) in [5.41, 5.74) is 5.79. The lowest BCUT2D eigenvalue weighted by molar-refractivity contribution is 0.0956. The molecule has 1 amide bonds. The minimum absolute atomic E-state index is 0.171. The molecule has 0 bridgehead atoms. The summed E-state index contributed by atoms with van der Waals surface area (Å²) in [6.07, 6.45) is 0.999. The van der Waals surface area contributed by atoms with Crippen molar-refractivity contribution in [2.75, 3.05) is 17.6 Å². The summed E-state index contributed by atoms with van der Waals surface area (Å²) < 4.78 is 0. The molecule has 2 aromatic heterocycles. The third kappa shape index (κ3) is 3.71. The third-order valence-electron chi connectivity index (χ3n) is 2.61. The van der Waals surface area contributed by atoms with Gasteiger partial charge in [-0.2, -0.15) is 0 Å². The quantitative estimate of drug-likeness (QED) is 0.766. The van der Waals surface area contributed by atoms with Gasteiger partial charge in [-0.1, -0.05) is 18.3 Å². The first-order valence-electron chi connectivity index (χ1n) is 6.43. The number of nitrogens with two attached hydrogens (primary N) is 1. The highest BCUT2D eigenvalue weighted by molar-refractivity contribution is 7.18. The van der Waals surface area contributed by atoms with Crippen LogP contribution in [0.1, 0.15) is 32.8 Å². The molecule has 0 aliphatic heterocycles. The topological polar surface area (TPSA) is 80.0 Å². The van der Waals surface area contributed by atoms with Crippen LogP contribution >= 0.6 is 22.7 Å². The lowest BCUT2D eigenvalue weighted by Crippen LogP contribution is -2.22. The zero-order valence-electron chi connectivity index (χ0n) is 11.5. The second-order valence-electron chi connectivity index (χ2n) is 4.36. The fraction of sp³-hybridized carbons (Fsp3) is 0.385. The third-order valence-corrected chi connectivity index (χ3v) is 4.63. The van der Waals surface area contributed by atoms with Crippen molar-refractivity contribution in [3.63, 3.8) is 0 Å². The van der Waals surface area contributed by atoms with E-state index in [0.717, 1.165) is 17.8 Å². The Hall–Kier alpha value is -1.60. The van der Waals surface area contributed by atoms with Gasteiger partial charge in [0.1, 0.15) is 10.7 Å². The Bertz CT molecular complexity index is 591. The first kappa shape index (κ1) is 14.8. The van der Waals surface area contributed by atoms with E-state index in [1.54, 1.807) is 11.3 Å². The summed E-state index contributed by atoms with van der Waals surface area (Å²) in [7, 11) is 0. The monoisotopic (exact) mass is 310 g/mol. The Labute approximate surface area is 126 Å². The number of nitrogens with one attached hydrogen (secondary N) is 2. The molecule has 2 aromatic rings. The van der Waals surface area contributed by atoms with Crippen molar-refractivity contribution in [3.05, 3.63) is 26.8 Å². The van der Waals surface area contributed by atoms with Gasteiger partial charge in [0.05, 0.1) is 6.54 Å². The number of carbonyl (C=O) groups excluding carboxylic acids is 1. The second-order valence-corrected chi connectivity index (χ2v) is 6.73. The van der Waals surface area contributed by atoms with Crippen molar-refractivity contribution in [1.82, 2.24) is 10.3 Å². The van der Waals surface area contributed by atoms with Gasteiger partial charge in [0.15, 0.2) is 5.13 Å². The van der Waals surface area contributed by atoms with E-state index in [1.807, 2.05) is 19.1 Å². The number of nitrogens with zero attached hydrogens (tertiary/aromatic N) is 1. The smallest absolute Gasteiger partial charge is 0.265 e. The number of carbonyl (C=O) groups is 1. The van der Waals surface area contributed by atoms with Crippen LogP contribution in [0.25, 0.3) is 0 Å². The van der Waals surface area contributed by atoms with Gasteiger partial charge in [-0.3, -0.25) is 4.79 Å². The molecule has 0 spiro atoms. The normalized spacial score (nSPS) is 10.5. The van der Waals surface area contributed by atoms with Gasteiger partial charge < -0.3 is 16.4 Å². The lowest BCUT2D eigenvalue weighted by atomic mass is 10.4. The molecule has 0 aliphatic rings. The number of nitrogen functional groups attached to an aromatic ring is 1. The summed E-state index contributed by atoms with van der Waals surface area (Å²) in [6.45, 7) is 5.46. The summed E-state index contributed by atoms with van der Waals surface area (Å²) in [6, 6.07) is 4.06. The van der Waals surface area contributed by atoms with E-state index < -0.39 is 0 Å². The van der Waals surface area contributed by atoms with E-state index >= 15 is 0 Å². The molecule has 0 saturated carbocycles. The van der Waals surface area contributed by atoms with Crippen LogP contribution in [0.4, 0.5) is 10.9 Å². The van der Waals surface area contributed by atoms with Crippen LogP contribution in [0, 0.1) is 6.92 Å². The van der Waals surface area contributed by atoms with E-state index in [0.29, 0.717) is 16.6 Å². The molecule has 0 saturated heterocycles. The zero-order chi connectivity index (χ0) is 14.5. The van der Waals surface area contributed by atoms with Crippen LogP contribution in [0.3, 0.4) is 0 Å². The molecule has 0 aromatic carbocycles. The van der Waals surface area contributed by atoms with Gasteiger partial charge in [0, 0.05) is 16.3 Å². The Morgan fingerprint density at radius 1 is 1.40 bits per heavy atom. The van der Waals surface area contributed by atoms with Gasteiger partial charge in [-0.05, 0) is 25.5 Å². The fourth-order valence-electron chi connectivity index (χ4n) is 1.63. The first-order valence-corrected chi connectivity index (χ1v) is 8.07.